The van der Waals surface area contributed by atoms with Gasteiger partial charge in [-0.1, -0.05) is 23.7 Å². The fraction of sp³-hybridized carbons (Fsp3) is 0.353. The summed E-state index contributed by atoms with van der Waals surface area (Å²) >= 11 is 6.20. The van der Waals surface area contributed by atoms with Crippen LogP contribution in [0.3, 0.4) is 0 Å². The molecule has 24 heavy (non-hydrogen) atoms. The van der Waals surface area contributed by atoms with Crippen molar-refractivity contribution in [3.8, 4) is 5.69 Å². The Morgan fingerprint density at radius 2 is 2.04 bits per heavy atom. The summed E-state index contributed by atoms with van der Waals surface area (Å²) in [5, 5.41) is 14.2. The molecule has 0 saturated carbocycles. The molecule has 1 saturated heterocycles. The fourth-order valence-electron chi connectivity index (χ4n) is 2.92. The molecule has 7 heteroatoms. The molecule has 1 aromatic heterocycles. The van der Waals surface area contributed by atoms with E-state index in [-0.39, 0.29) is 12.5 Å². The lowest BCUT2D eigenvalue weighted by atomic mass is 9.90. The lowest BCUT2D eigenvalue weighted by Crippen LogP contribution is -2.35. The molecule has 0 radical (unpaired) electrons. The number of benzene rings is 1. The highest BCUT2D eigenvalue weighted by atomic mass is 35.5. The van der Waals surface area contributed by atoms with Crippen molar-refractivity contribution in [1.82, 2.24) is 14.7 Å². The van der Waals surface area contributed by atoms with Crippen LogP contribution < -0.4 is 0 Å². The predicted molar refractivity (Wildman–Crippen MR) is 89.6 cm³/mol. The molecule has 1 N–H and O–H groups in total. The van der Waals surface area contributed by atoms with Crippen LogP contribution in [0.5, 0.6) is 0 Å². The van der Waals surface area contributed by atoms with E-state index in [4.69, 9.17) is 11.6 Å². The van der Waals surface area contributed by atoms with Crippen LogP contribution in [-0.2, 0) is 4.79 Å². The average Bonchev–Trinajstić information content (AvgIpc) is 3.12. The highest BCUT2D eigenvalue weighted by molar-refractivity contribution is 6.32. The first-order chi connectivity index (χ1) is 11.3. The Morgan fingerprint density at radius 3 is 2.67 bits per heavy atom. The highest BCUT2D eigenvalue weighted by Gasteiger charge is 2.42. The first-order valence-corrected chi connectivity index (χ1v) is 8.04. The molecule has 1 fully saturated rings. The number of aromatic nitrogens is 2. The standard InChI is InChI=1S/C17H18ClN3O3/c1-11-9-13(19-21(11)14-6-4-3-5-12(14)18)15(22)20-8-7-17(2,10-20)16(23)24/h3-6,9H,7-8,10H2,1-2H3,(H,23,24). The molecule has 2 heterocycles. The number of hydrogen-bond acceptors (Lipinski definition) is 3. The van der Waals surface area contributed by atoms with Crippen LogP contribution in [0.4, 0.5) is 0 Å². The molecule has 1 aliphatic rings. The minimum Gasteiger partial charge on any atom is -0.481 e. The average molecular weight is 348 g/mol. The van der Waals surface area contributed by atoms with E-state index in [9.17, 15) is 14.7 Å². The van der Waals surface area contributed by atoms with Crippen LogP contribution in [0.2, 0.25) is 5.02 Å². The van der Waals surface area contributed by atoms with Gasteiger partial charge in [-0.25, -0.2) is 4.68 Å². The third-order valence-electron chi connectivity index (χ3n) is 4.46. The topological polar surface area (TPSA) is 75.4 Å². The van der Waals surface area contributed by atoms with E-state index in [1.165, 1.54) is 0 Å². The van der Waals surface area contributed by atoms with E-state index >= 15 is 0 Å². The molecule has 1 aliphatic heterocycles. The van der Waals surface area contributed by atoms with Gasteiger partial charge in [0.15, 0.2) is 5.69 Å². The number of carbonyl (C=O) groups excluding carboxylic acids is 1. The third kappa shape index (κ3) is 2.78. The van der Waals surface area contributed by atoms with Crippen LogP contribution in [0.1, 0.15) is 29.5 Å². The molecule has 1 aromatic carbocycles. The van der Waals surface area contributed by atoms with Gasteiger partial charge in [0.25, 0.3) is 5.91 Å². The minimum atomic E-state index is -0.893. The Balaban J connectivity index is 1.87. The van der Waals surface area contributed by atoms with Crippen LogP contribution in [0, 0.1) is 12.3 Å². The first-order valence-electron chi connectivity index (χ1n) is 7.66. The Bertz CT molecular complexity index is 817. The number of carbonyl (C=O) groups is 2. The second-order valence-corrected chi connectivity index (χ2v) is 6.78. The van der Waals surface area contributed by atoms with Crippen molar-refractivity contribution in [2.45, 2.75) is 20.3 Å². The zero-order valence-electron chi connectivity index (χ0n) is 13.5. The minimum absolute atomic E-state index is 0.194. The molecular weight excluding hydrogens is 330 g/mol. The number of nitrogens with zero attached hydrogens (tertiary/aromatic N) is 3. The number of aryl methyl sites for hydroxylation is 1. The molecule has 1 amide bonds. The number of likely N-dealkylation sites (tertiary alicyclic amines) is 1. The predicted octanol–water partition coefficient (Wildman–Crippen LogP) is 2.77. The molecule has 126 valence electrons. The summed E-state index contributed by atoms with van der Waals surface area (Å²) in [6.45, 7) is 4.12. The number of halogens is 1. The smallest absolute Gasteiger partial charge is 0.311 e. The van der Waals surface area contributed by atoms with E-state index in [0.29, 0.717) is 29.4 Å². The molecule has 2 aromatic rings. The molecule has 0 spiro atoms. The van der Waals surface area contributed by atoms with Crippen molar-refractivity contribution < 1.29 is 14.7 Å². The van der Waals surface area contributed by atoms with Gasteiger partial charge >= 0.3 is 5.97 Å². The van der Waals surface area contributed by atoms with Gasteiger partial charge in [-0.2, -0.15) is 5.10 Å². The Morgan fingerprint density at radius 1 is 1.33 bits per heavy atom. The number of hydrogen-bond donors (Lipinski definition) is 1. The number of rotatable bonds is 3. The van der Waals surface area contributed by atoms with Crippen LogP contribution in [0.25, 0.3) is 5.69 Å². The molecule has 1 atom stereocenters. The first kappa shape index (κ1) is 16.5. The number of para-hydroxylation sites is 1. The summed E-state index contributed by atoms with van der Waals surface area (Å²) in [6, 6.07) is 8.96. The highest BCUT2D eigenvalue weighted by Crippen LogP contribution is 2.31. The maximum atomic E-state index is 12.7. The van der Waals surface area contributed by atoms with Gasteiger partial charge in [0.05, 0.1) is 16.1 Å². The van der Waals surface area contributed by atoms with E-state index < -0.39 is 11.4 Å². The van der Waals surface area contributed by atoms with Crippen LogP contribution >= 0.6 is 11.6 Å². The van der Waals surface area contributed by atoms with Crippen molar-refractivity contribution in [3.05, 3.63) is 46.7 Å². The summed E-state index contributed by atoms with van der Waals surface area (Å²) in [7, 11) is 0. The molecule has 6 nitrogen and oxygen atoms in total. The Labute approximate surface area is 144 Å². The van der Waals surface area contributed by atoms with Crippen LogP contribution in [0.15, 0.2) is 30.3 Å². The normalized spacial score (nSPS) is 20.4. The van der Waals surface area contributed by atoms with Crippen molar-refractivity contribution in [2.75, 3.05) is 13.1 Å². The summed E-state index contributed by atoms with van der Waals surface area (Å²) < 4.78 is 1.63. The summed E-state index contributed by atoms with van der Waals surface area (Å²) in [4.78, 5) is 25.5. The van der Waals surface area contributed by atoms with Crippen LogP contribution in [-0.4, -0.2) is 44.8 Å². The van der Waals surface area contributed by atoms with Gasteiger partial charge in [-0.3, -0.25) is 9.59 Å². The lowest BCUT2D eigenvalue weighted by molar-refractivity contribution is -0.147. The Kier molecular flexibility index (Phi) is 4.09. The second-order valence-electron chi connectivity index (χ2n) is 6.38. The quantitative estimate of drug-likeness (QED) is 0.926. The number of amides is 1. The monoisotopic (exact) mass is 347 g/mol. The Hall–Kier alpha value is -2.34. The molecule has 3 rings (SSSR count). The molecule has 0 bridgehead atoms. The fourth-order valence-corrected chi connectivity index (χ4v) is 3.13. The zero-order valence-corrected chi connectivity index (χ0v) is 14.2. The summed E-state index contributed by atoms with van der Waals surface area (Å²) in [6.07, 6.45) is 0.443. The lowest BCUT2D eigenvalue weighted by Gasteiger charge is -2.19. The number of aliphatic carboxylic acids is 1. The largest absolute Gasteiger partial charge is 0.481 e. The molecule has 0 aliphatic carbocycles. The van der Waals surface area contributed by atoms with Crippen molar-refractivity contribution in [1.29, 1.82) is 0 Å². The van der Waals surface area contributed by atoms with Crippen molar-refractivity contribution in [3.63, 3.8) is 0 Å². The molecular formula is C17H18ClN3O3. The van der Waals surface area contributed by atoms with Gasteiger partial charge in [-0.15, -0.1) is 0 Å². The zero-order chi connectivity index (χ0) is 17.5. The summed E-state index contributed by atoms with van der Waals surface area (Å²) in [5.41, 5.74) is 0.886. The van der Waals surface area contributed by atoms with Crippen molar-refractivity contribution >= 4 is 23.5 Å². The van der Waals surface area contributed by atoms with E-state index in [0.717, 1.165) is 5.69 Å². The number of carboxylic acids is 1. The number of carboxylic acid groups (broad SMARTS) is 1. The van der Waals surface area contributed by atoms with E-state index in [1.807, 2.05) is 25.1 Å². The van der Waals surface area contributed by atoms with Gasteiger partial charge in [-0.05, 0) is 38.5 Å². The van der Waals surface area contributed by atoms with Gasteiger partial charge in [0.2, 0.25) is 0 Å². The van der Waals surface area contributed by atoms with E-state index in [1.54, 1.807) is 28.6 Å². The van der Waals surface area contributed by atoms with Gasteiger partial charge in [0.1, 0.15) is 0 Å². The summed E-state index contributed by atoms with van der Waals surface area (Å²) in [5.74, 6) is -1.13. The maximum Gasteiger partial charge on any atom is 0.311 e. The van der Waals surface area contributed by atoms with Gasteiger partial charge in [0, 0.05) is 18.8 Å². The third-order valence-corrected chi connectivity index (χ3v) is 4.78. The maximum absolute atomic E-state index is 12.7. The molecule has 1 unspecified atom stereocenters. The second kappa shape index (κ2) is 5.94. The van der Waals surface area contributed by atoms with Gasteiger partial charge < -0.3 is 10.0 Å². The van der Waals surface area contributed by atoms with E-state index in [2.05, 4.69) is 5.10 Å². The SMILES string of the molecule is Cc1cc(C(=O)N2CCC(C)(C(=O)O)C2)nn1-c1ccccc1Cl. The van der Waals surface area contributed by atoms with Crippen molar-refractivity contribution in [2.24, 2.45) is 5.41 Å².